The average Bonchev–Trinajstić information content (AvgIpc) is 3.12. The Hall–Kier alpha value is -2.66. The second kappa shape index (κ2) is 8.82. The van der Waals surface area contributed by atoms with Gasteiger partial charge in [0, 0.05) is 24.1 Å². The molecule has 0 aliphatic rings. The molecule has 3 aromatic rings. The van der Waals surface area contributed by atoms with Crippen LogP contribution in [0.25, 0.3) is 11.4 Å². The number of aromatic nitrogens is 2. The maximum absolute atomic E-state index is 12.3. The van der Waals surface area contributed by atoms with Crippen molar-refractivity contribution in [3.05, 3.63) is 64.5 Å². The first-order valence-electron chi connectivity index (χ1n) is 9.04. The lowest BCUT2D eigenvalue weighted by atomic mass is 10.1. The Kier molecular flexibility index (Phi) is 6.24. The molecule has 5 nitrogen and oxygen atoms in total. The molecule has 2 aromatic carbocycles. The van der Waals surface area contributed by atoms with Crippen LogP contribution >= 0.6 is 11.6 Å². The third kappa shape index (κ3) is 4.74. The van der Waals surface area contributed by atoms with E-state index in [1.165, 1.54) is 0 Å². The van der Waals surface area contributed by atoms with Crippen LogP contribution in [0.4, 0.5) is 5.69 Å². The number of amides is 1. The van der Waals surface area contributed by atoms with Crippen LogP contribution in [0.3, 0.4) is 0 Å². The van der Waals surface area contributed by atoms with Crippen molar-refractivity contribution in [1.29, 1.82) is 0 Å². The number of rotatable bonds is 7. The standard InChI is InChI=1S/C21H22ClN3O2/c1-3-15-9-6-8-14(2)20(15)23-18(26)12-7-13-19-24-21(25-27-19)16-10-4-5-11-17(16)22/h4-6,8-11H,3,7,12-13H2,1-2H3,(H,23,26). The molecule has 1 N–H and O–H groups in total. The van der Waals surface area contributed by atoms with Gasteiger partial charge < -0.3 is 9.84 Å². The van der Waals surface area contributed by atoms with E-state index in [0.717, 1.165) is 28.8 Å². The Morgan fingerprint density at radius 3 is 2.78 bits per heavy atom. The Labute approximate surface area is 163 Å². The molecule has 140 valence electrons. The average molecular weight is 384 g/mol. The van der Waals surface area contributed by atoms with E-state index >= 15 is 0 Å². The molecule has 1 aromatic heterocycles. The molecule has 0 aliphatic heterocycles. The molecule has 1 heterocycles. The lowest BCUT2D eigenvalue weighted by molar-refractivity contribution is -0.116. The van der Waals surface area contributed by atoms with Crippen molar-refractivity contribution in [3.8, 4) is 11.4 Å². The third-order valence-corrected chi connectivity index (χ3v) is 4.71. The van der Waals surface area contributed by atoms with Gasteiger partial charge in [0.1, 0.15) is 0 Å². The van der Waals surface area contributed by atoms with Crippen molar-refractivity contribution in [2.75, 3.05) is 5.32 Å². The molecule has 0 bridgehead atoms. The van der Waals surface area contributed by atoms with E-state index in [-0.39, 0.29) is 5.91 Å². The topological polar surface area (TPSA) is 68.0 Å². The Morgan fingerprint density at radius 2 is 2.00 bits per heavy atom. The zero-order chi connectivity index (χ0) is 19.2. The van der Waals surface area contributed by atoms with Gasteiger partial charge in [-0.3, -0.25) is 4.79 Å². The SMILES string of the molecule is CCc1cccc(C)c1NC(=O)CCCc1nc(-c2ccccc2Cl)no1. The maximum Gasteiger partial charge on any atom is 0.226 e. The molecule has 3 rings (SSSR count). The predicted octanol–water partition coefficient (Wildman–Crippen LogP) is 5.22. The summed E-state index contributed by atoms with van der Waals surface area (Å²) in [6.07, 6.45) is 2.44. The molecule has 0 aliphatic carbocycles. The first kappa shape index (κ1) is 19.1. The van der Waals surface area contributed by atoms with Crippen LogP contribution in [0, 0.1) is 6.92 Å². The normalized spacial score (nSPS) is 10.8. The number of hydrogen-bond acceptors (Lipinski definition) is 4. The highest BCUT2D eigenvalue weighted by Gasteiger charge is 2.13. The summed E-state index contributed by atoms with van der Waals surface area (Å²) in [6, 6.07) is 13.4. The van der Waals surface area contributed by atoms with E-state index in [2.05, 4.69) is 22.4 Å². The molecule has 1 amide bonds. The quantitative estimate of drug-likeness (QED) is 0.607. The van der Waals surface area contributed by atoms with E-state index in [1.807, 2.05) is 43.3 Å². The number of para-hydroxylation sites is 1. The van der Waals surface area contributed by atoms with E-state index in [1.54, 1.807) is 6.07 Å². The molecule has 0 fully saturated rings. The van der Waals surface area contributed by atoms with Crippen molar-refractivity contribution < 1.29 is 9.32 Å². The van der Waals surface area contributed by atoms with Crippen LogP contribution in [0.5, 0.6) is 0 Å². The monoisotopic (exact) mass is 383 g/mol. The van der Waals surface area contributed by atoms with Crippen molar-refractivity contribution >= 4 is 23.2 Å². The number of nitrogens with one attached hydrogen (secondary N) is 1. The number of aryl methyl sites for hydroxylation is 3. The van der Waals surface area contributed by atoms with Crippen LogP contribution in [0.1, 0.15) is 36.8 Å². The van der Waals surface area contributed by atoms with Gasteiger partial charge in [0.15, 0.2) is 0 Å². The van der Waals surface area contributed by atoms with Crippen LogP contribution in [0.15, 0.2) is 47.0 Å². The fourth-order valence-corrected chi connectivity index (χ4v) is 3.13. The molecular formula is C21H22ClN3O2. The Morgan fingerprint density at radius 1 is 1.19 bits per heavy atom. The number of carbonyl (C=O) groups excluding carboxylic acids is 1. The fourth-order valence-electron chi connectivity index (χ4n) is 2.91. The summed E-state index contributed by atoms with van der Waals surface area (Å²) in [5.41, 5.74) is 3.87. The van der Waals surface area contributed by atoms with Crippen LogP contribution in [0.2, 0.25) is 5.02 Å². The van der Waals surface area contributed by atoms with Gasteiger partial charge in [-0.25, -0.2) is 0 Å². The summed E-state index contributed by atoms with van der Waals surface area (Å²) in [6.45, 7) is 4.08. The van der Waals surface area contributed by atoms with E-state index in [0.29, 0.717) is 36.0 Å². The number of nitrogens with zero attached hydrogens (tertiary/aromatic N) is 2. The summed E-state index contributed by atoms with van der Waals surface area (Å²) in [7, 11) is 0. The number of hydrogen-bond donors (Lipinski definition) is 1. The highest BCUT2D eigenvalue weighted by molar-refractivity contribution is 6.33. The summed E-state index contributed by atoms with van der Waals surface area (Å²) in [5, 5.41) is 7.59. The van der Waals surface area contributed by atoms with Gasteiger partial charge in [-0.1, -0.05) is 54.0 Å². The molecule has 0 atom stereocenters. The molecule has 27 heavy (non-hydrogen) atoms. The van der Waals surface area contributed by atoms with E-state index in [9.17, 15) is 4.79 Å². The molecule has 0 saturated carbocycles. The van der Waals surface area contributed by atoms with Gasteiger partial charge in [-0.2, -0.15) is 4.98 Å². The largest absolute Gasteiger partial charge is 0.339 e. The molecule has 0 saturated heterocycles. The Bertz CT molecular complexity index is 937. The second-order valence-corrected chi connectivity index (χ2v) is 6.76. The fraction of sp³-hybridized carbons (Fsp3) is 0.286. The van der Waals surface area contributed by atoms with Gasteiger partial charge in [-0.15, -0.1) is 0 Å². The lowest BCUT2D eigenvalue weighted by Gasteiger charge is -2.12. The zero-order valence-corrected chi connectivity index (χ0v) is 16.2. The second-order valence-electron chi connectivity index (χ2n) is 6.36. The van der Waals surface area contributed by atoms with Crippen molar-refractivity contribution in [3.63, 3.8) is 0 Å². The first-order chi connectivity index (χ1) is 13.1. The minimum absolute atomic E-state index is 0.00941. The molecule has 0 unspecified atom stereocenters. The van der Waals surface area contributed by atoms with E-state index < -0.39 is 0 Å². The smallest absolute Gasteiger partial charge is 0.226 e. The number of anilines is 1. The number of carbonyl (C=O) groups is 1. The zero-order valence-electron chi connectivity index (χ0n) is 15.5. The highest BCUT2D eigenvalue weighted by Crippen LogP contribution is 2.25. The minimum Gasteiger partial charge on any atom is -0.339 e. The molecule has 0 spiro atoms. The van der Waals surface area contributed by atoms with Gasteiger partial charge >= 0.3 is 0 Å². The highest BCUT2D eigenvalue weighted by atomic mass is 35.5. The molecule has 0 radical (unpaired) electrons. The maximum atomic E-state index is 12.3. The lowest BCUT2D eigenvalue weighted by Crippen LogP contribution is -2.14. The van der Waals surface area contributed by atoms with Gasteiger partial charge in [0.05, 0.1) is 5.02 Å². The third-order valence-electron chi connectivity index (χ3n) is 4.38. The molecular weight excluding hydrogens is 362 g/mol. The van der Waals surface area contributed by atoms with Gasteiger partial charge in [0.25, 0.3) is 0 Å². The van der Waals surface area contributed by atoms with E-state index in [4.69, 9.17) is 16.1 Å². The van der Waals surface area contributed by atoms with Gasteiger partial charge in [-0.05, 0) is 43.0 Å². The number of halogens is 1. The summed E-state index contributed by atoms with van der Waals surface area (Å²) < 4.78 is 5.28. The van der Waals surface area contributed by atoms with Crippen LogP contribution in [-0.4, -0.2) is 16.0 Å². The Balaban J connectivity index is 1.55. The summed E-state index contributed by atoms with van der Waals surface area (Å²) in [5.74, 6) is 0.959. The number of benzene rings is 2. The van der Waals surface area contributed by atoms with Crippen LogP contribution < -0.4 is 5.32 Å². The first-order valence-corrected chi connectivity index (χ1v) is 9.42. The van der Waals surface area contributed by atoms with Gasteiger partial charge in [0.2, 0.25) is 17.6 Å². The van der Waals surface area contributed by atoms with Crippen LogP contribution in [-0.2, 0) is 17.6 Å². The summed E-state index contributed by atoms with van der Waals surface area (Å²) in [4.78, 5) is 16.7. The van der Waals surface area contributed by atoms with Crippen molar-refractivity contribution in [2.45, 2.75) is 39.5 Å². The minimum atomic E-state index is -0.00941. The summed E-state index contributed by atoms with van der Waals surface area (Å²) >= 11 is 6.15. The van der Waals surface area contributed by atoms with Crippen molar-refractivity contribution in [1.82, 2.24) is 10.1 Å². The van der Waals surface area contributed by atoms with Crippen molar-refractivity contribution in [2.24, 2.45) is 0 Å². The predicted molar refractivity (Wildman–Crippen MR) is 107 cm³/mol. The molecule has 6 heteroatoms.